The molecule has 1 N–H and O–H groups in total. The van der Waals surface area contributed by atoms with Gasteiger partial charge in [-0.05, 0) is 113 Å². The highest BCUT2D eigenvalue weighted by molar-refractivity contribution is 8.14. The van der Waals surface area contributed by atoms with Gasteiger partial charge in [0, 0.05) is 5.56 Å². The van der Waals surface area contributed by atoms with Gasteiger partial charge in [0.1, 0.15) is 5.75 Å². The minimum Gasteiger partial charge on any atom is -0.508 e. The average Bonchev–Trinajstić information content (AvgIpc) is 3.15. The van der Waals surface area contributed by atoms with E-state index in [0.29, 0.717) is 12.3 Å². The van der Waals surface area contributed by atoms with Crippen LogP contribution in [0.4, 0.5) is 4.79 Å². The number of nitrogens with zero attached hydrogens (tertiary/aromatic N) is 1. The lowest BCUT2D eigenvalue weighted by Gasteiger charge is -2.57. The molecule has 8 rings (SSSR count). The third-order valence-electron chi connectivity index (χ3n) is 9.03. The normalized spacial score (nSPS) is 29.5. The maximum atomic E-state index is 12.0. The molecule has 0 radical (unpaired) electrons. The fourth-order valence-corrected chi connectivity index (χ4v) is 8.60. The molecule has 5 aliphatic rings. The van der Waals surface area contributed by atoms with Crippen molar-refractivity contribution in [1.29, 1.82) is 0 Å². The van der Waals surface area contributed by atoms with Crippen molar-refractivity contribution in [1.82, 2.24) is 4.90 Å². The second kappa shape index (κ2) is 7.86. The monoisotopic (exact) mass is 483 g/mol. The van der Waals surface area contributed by atoms with Crippen LogP contribution in [-0.2, 0) is 16.8 Å². The Morgan fingerprint density at radius 1 is 0.829 bits per heavy atom. The van der Waals surface area contributed by atoms with Crippen molar-refractivity contribution in [3.63, 3.8) is 0 Å². The van der Waals surface area contributed by atoms with Crippen LogP contribution in [0.25, 0.3) is 21.9 Å². The van der Waals surface area contributed by atoms with Crippen molar-refractivity contribution in [2.45, 2.75) is 50.5 Å². The lowest BCUT2D eigenvalue weighted by Crippen LogP contribution is -2.48. The summed E-state index contributed by atoms with van der Waals surface area (Å²) in [6.07, 6.45) is 7.88. The molecule has 0 spiro atoms. The predicted octanol–water partition coefficient (Wildman–Crippen LogP) is 6.88. The van der Waals surface area contributed by atoms with Crippen LogP contribution in [0.1, 0.15) is 49.7 Å². The predicted molar refractivity (Wildman–Crippen MR) is 139 cm³/mol. The van der Waals surface area contributed by atoms with Crippen LogP contribution in [0.15, 0.2) is 54.6 Å². The van der Waals surface area contributed by atoms with Crippen LogP contribution in [0.2, 0.25) is 0 Å². The number of aromatic hydroxyl groups is 1. The second-order valence-electron chi connectivity index (χ2n) is 11.4. The number of phenolic OH excluding ortho intramolecular Hbond substituents is 1. The quantitative estimate of drug-likeness (QED) is 0.440. The Labute approximate surface area is 209 Å². The highest BCUT2D eigenvalue weighted by atomic mass is 32.2. The minimum absolute atomic E-state index is 0.113. The summed E-state index contributed by atoms with van der Waals surface area (Å²) in [5.41, 5.74) is 4.59. The third kappa shape index (κ3) is 3.58. The van der Waals surface area contributed by atoms with Gasteiger partial charge in [0.15, 0.2) is 0 Å². The van der Waals surface area contributed by atoms with E-state index < -0.39 is 0 Å². The summed E-state index contributed by atoms with van der Waals surface area (Å²) in [7, 11) is 0. The zero-order valence-electron chi connectivity index (χ0n) is 19.7. The Bertz CT molecular complexity index is 1330. The molecule has 4 aliphatic carbocycles. The van der Waals surface area contributed by atoms with E-state index >= 15 is 0 Å². The number of amides is 2. The van der Waals surface area contributed by atoms with Gasteiger partial charge in [-0.25, -0.2) is 0 Å². The van der Waals surface area contributed by atoms with Gasteiger partial charge in [-0.15, -0.1) is 0 Å². The summed E-state index contributed by atoms with van der Waals surface area (Å²) >= 11 is 1.08. The lowest BCUT2D eigenvalue weighted by atomic mass is 9.48. The summed E-state index contributed by atoms with van der Waals surface area (Å²) in [5, 5.41) is 13.0. The van der Waals surface area contributed by atoms with E-state index in [-0.39, 0.29) is 22.3 Å². The van der Waals surface area contributed by atoms with E-state index in [2.05, 4.69) is 36.4 Å². The molecular formula is C30H29NO3S. The molecule has 3 aromatic rings. The Kier molecular flexibility index (Phi) is 4.82. The molecule has 0 aromatic heterocycles. The SMILES string of the molecule is O=C1CSC(=O)N1Cc1ccc2cc(-c3ccc(O)c(C45CC6CC(CC(C6)C4)C5)c3)ccc2c1. The number of benzene rings is 3. The van der Waals surface area contributed by atoms with Crippen molar-refractivity contribution in [3.8, 4) is 16.9 Å². The molecule has 4 bridgehead atoms. The van der Waals surface area contributed by atoms with Gasteiger partial charge in [-0.1, -0.05) is 42.1 Å². The van der Waals surface area contributed by atoms with Crippen LogP contribution in [0.3, 0.4) is 0 Å². The number of thioether (sulfide) groups is 1. The van der Waals surface area contributed by atoms with Crippen LogP contribution in [0.5, 0.6) is 5.75 Å². The Balaban J connectivity index is 1.20. The summed E-state index contributed by atoms with van der Waals surface area (Å²) in [5.74, 6) is 3.10. The van der Waals surface area contributed by atoms with E-state index in [0.717, 1.165) is 57.0 Å². The zero-order valence-corrected chi connectivity index (χ0v) is 20.5. The molecule has 1 aliphatic heterocycles. The van der Waals surface area contributed by atoms with Gasteiger partial charge in [0.05, 0.1) is 12.3 Å². The Morgan fingerprint density at radius 2 is 1.46 bits per heavy atom. The summed E-state index contributed by atoms with van der Waals surface area (Å²) in [6, 6.07) is 18.8. The molecule has 178 valence electrons. The smallest absolute Gasteiger partial charge is 0.289 e. The lowest BCUT2D eigenvalue weighted by molar-refractivity contribution is -0.125. The minimum atomic E-state index is -0.160. The first kappa shape index (κ1) is 21.5. The van der Waals surface area contributed by atoms with Crippen molar-refractivity contribution in [3.05, 3.63) is 65.7 Å². The van der Waals surface area contributed by atoms with Crippen molar-refractivity contribution in [2.75, 3.05) is 5.75 Å². The standard InChI is InChI=1S/C30H29NO3S/c32-27-6-5-25(12-26(27)30-13-19-7-20(14-30)9-21(8-19)15-30)24-4-3-22-10-18(1-2-23(22)11-24)16-31-28(33)17-35-29(31)34/h1-6,10-12,19-21,32H,7-9,13-17H2. The van der Waals surface area contributed by atoms with Gasteiger partial charge in [-0.2, -0.15) is 0 Å². The average molecular weight is 484 g/mol. The number of carbonyl (C=O) groups is 2. The summed E-state index contributed by atoms with van der Waals surface area (Å²) in [6.45, 7) is 0.328. The molecule has 4 saturated carbocycles. The number of rotatable bonds is 4. The fourth-order valence-electron chi connectivity index (χ4n) is 7.87. The molecule has 5 heteroatoms. The Morgan fingerprint density at radius 3 is 2.14 bits per heavy atom. The first-order valence-electron chi connectivity index (χ1n) is 12.8. The molecule has 4 nitrogen and oxygen atoms in total. The second-order valence-corrected chi connectivity index (χ2v) is 12.3. The van der Waals surface area contributed by atoms with E-state index in [1.54, 1.807) is 0 Å². The summed E-state index contributed by atoms with van der Waals surface area (Å²) < 4.78 is 0. The van der Waals surface area contributed by atoms with Crippen molar-refractivity contribution in [2.24, 2.45) is 17.8 Å². The van der Waals surface area contributed by atoms with Crippen molar-refractivity contribution < 1.29 is 14.7 Å². The molecule has 35 heavy (non-hydrogen) atoms. The van der Waals surface area contributed by atoms with Gasteiger partial charge < -0.3 is 5.11 Å². The van der Waals surface area contributed by atoms with Crippen LogP contribution >= 0.6 is 11.8 Å². The zero-order chi connectivity index (χ0) is 23.7. The number of imide groups is 1. The maximum Gasteiger partial charge on any atom is 0.289 e. The highest BCUT2D eigenvalue weighted by Gasteiger charge is 2.52. The van der Waals surface area contributed by atoms with E-state index in [9.17, 15) is 14.7 Å². The molecular weight excluding hydrogens is 454 g/mol. The van der Waals surface area contributed by atoms with E-state index in [1.807, 2.05) is 18.2 Å². The van der Waals surface area contributed by atoms with Gasteiger partial charge in [0.2, 0.25) is 5.91 Å². The van der Waals surface area contributed by atoms with E-state index in [1.165, 1.54) is 49.0 Å². The molecule has 1 saturated heterocycles. The maximum absolute atomic E-state index is 12.0. The largest absolute Gasteiger partial charge is 0.508 e. The van der Waals surface area contributed by atoms with Gasteiger partial charge in [-0.3, -0.25) is 14.5 Å². The summed E-state index contributed by atoms with van der Waals surface area (Å²) in [4.78, 5) is 25.3. The Hall–Kier alpha value is -2.79. The molecule has 0 unspecified atom stereocenters. The number of carbonyl (C=O) groups excluding carboxylic acids is 2. The number of phenols is 1. The molecule has 5 fully saturated rings. The van der Waals surface area contributed by atoms with Crippen LogP contribution in [0, 0.1) is 17.8 Å². The molecule has 1 heterocycles. The number of hydrogen-bond acceptors (Lipinski definition) is 4. The number of fused-ring (bicyclic) bond motifs is 1. The fraction of sp³-hybridized carbons (Fsp3) is 0.400. The van der Waals surface area contributed by atoms with Gasteiger partial charge >= 0.3 is 0 Å². The van der Waals surface area contributed by atoms with Gasteiger partial charge in [0.25, 0.3) is 5.24 Å². The van der Waals surface area contributed by atoms with Crippen LogP contribution < -0.4 is 0 Å². The molecule has 2 amide bonds. The molecule has 0 atom stereocenters. The third-order valence-corrected chi connectivity index (χ3v) is 9.88. The van der Waals surface area contributed by atoms with Crippen molar-refractivity contribution >= 4 is 33.7 Å². The highest BCUT2D eigenvalue weighted by Crippen LogP contribution is 2.62. The molecule has 3 aromatic carbocycles. The van der Waals surface area contributed by atoms with Crippen LogP contribution in [-0.4, -0.2) is 26.9 Å². The topological polar surface area (TPSA) is 57.6 Å². The number of hydrogen-bond donors (Lipinski definition) is 1. The first-order chi connectivity index (χ1) is 17.0. The first-order valence-corrected chi connectivity index (χ1v) is 13.8. The van der Waals surface area contributed by atoms with E-state index in [4.69, 9.17) is 0 Å².